The summed E-state index contributed by atoms with van der Waals surface area (Å²) in [5.41, 5.74) is 0. The average Bonchev–Trinajstić information content (AvgIpc) is 3.08. The van der Waals surface area contributed by atoms with Crippen LogP contribution in [0.5, 0.6) is 5.75 Å². The van der Waals surface area contributed by atoms with Gasteiger partial charge in [0.25, 0.3) is 5.91 Å². The molecule has 0 radical (unpaired) electrons. The van der Waals surface area contributed by atoms with Crippen LogP contribution in [0.15, 0.2) is 22.7 Å². The van der Waals surface area contributed by atoms with E-state index < -0.39 is 24.4 Å². The number of rotatable bonds is 6. The normalized spacial score (nSPS) is 16.4. The van der Waals surface area contributed by atoms with Gasteiger partial charge in [-0.2, -0.15) is 0 Å². The van der Waals surface area contributed by atoms with Gasteiger partial charge in [0.2, 0.25) is 11.8 Å². The topological polar surface area (TPSA) is 87.7 Å². The van der Waals surface area contributed by atoms with Gasteiger partial charge in [0.05, 0.1) is 6.54 Å². The Morgan fingerprint density at radius 1 is 1.40 bits per heavy atom. The lowest BCUT2D eigenvalue weighted by Crippen LogP contribution is -2.48. The minimum Gasteiger partial charge on any atom is -0.481 e. The quantitative estimate of drug-likeness (QED) is 0.719. The third-order valence-corrected chi connectivity index (χ3v) is 4.30. The second kappa shape index (κ2) is 8.80. The summed E-state index contributed by atoms with van der Waals surface area (Å²) < 4.78 is 19.2. The zero-order chi connectivity index (χ0) is 18.4. The van der Waals surface area contributed by atoms with Crippen LogP contribution in [0.25, 0.3) is 0 Å². The van der Waals surface area contributed by atoms with Crippen molar-refractivity contribution in [2.24, 2.45) is 0 Å². The molecule has 3 amide bonds. The van der Waals surface area contributed by atoms with Crippen LogP contribution in [-0.2, 0) is 14.4 Å². The van der Waals surface area contributed by atoms with Gasteiger partial charge in [0, 0.05) is 18.1 Å². The molecule has 1 aliphatic heterocycles. The number of ether oxygens (including phenoxy) is 1. The van der Waals surface area contributed by atoms with Crippen LogP contribution in [0.3, 0.4) is 0 Å². The number of nitrogens with zero attached hydrogens (tertiary/aromatic N) is 1. The first-order valence-corrected chi connectivity index (χ1v) is 8.57. The number of likely N-dealkylation sites (N-methyl/N-ethyl adjacent to an activating group) is 1. The molecule has 0 bridgehead atoms. The van der Waals surface area contributed by atoms with Crippen molar-refractivity contribution in [3.05, 3.63) is 28.5 Å². The molecule has 0 aliphatic carbocycles. The Balaban J connectivity index is 1.79. The summed E-state index contributed by atoms with van der Waals surface area (Å²) in [6, 6.07) is 3.72. The molecule has 0 spiro atoms. The first-order valence-electron chi connectivity index (χ1n) is 7.78. The molecule has 0 aromatic heterocycles. The van der Waals surface area contributed by atoms with Crippen molar-refractivity contribution < 1.29 is 23.5 Å². The Bertz CT molecular complexity index is 671. The second-order valence-corrected chi connectivity index (χ2v) is 6.42. The van der Waals surface area contributed by atoms with Crippen LogP contribution in [0.4, 0.5) is 4.39 Å². The molecule has 136 valence electrons. The van der Waals surface area contributed by atoms with E-state index in [1.54, 1.807) is 6.07 Å². The largest absolute Gasteiger partial charge is 0.481 e. The van der Waals surface area contributed by atoms with Crippen LogP contribution < -0.4 is 15.4 Å². The fraction of sp³-hybridized carbons (Fsp3) is 0.438. The summed E-state index contributed by atoms with van der Waals surface area (Å²) in [6.07, 6.45) is 1.34. The highest BCUT2D eigenvalue weighted by Gasteiger charge is 2.33. The van der Waals surface area contributed by atoms with Gasteiger partial charge >= 0.3 is 0 Å². The van der Waals surface area contributed by atoms with E-state index in [0.717, 1.165) is 6.42 Å². The number of halogens is 2. The minimum atomic E-state index is -0.594. The number of nitrogens with one attached hydrogen (secondary N) is 2. The molecule has 1 aliphatic rings. The first kappa shape index (κ1) is 19.2. The van der Waals surface area contributed by atoms with Gasteiger partial charge in [-0.3, -0.25) is 14.4 Å². The third-order valence-electron chi connectivity index (χ3n) is 3.81. The highest BCUT2D eigenvalue weighted by Crippen LogP contribution is 2.21. The maximum Gasteiger partial charge on any atom is 0.258 e. The van der Waals surface area contributed by atoms with E-state index in [1.807, 2.05) is 0 Å². The molecule has 1 heterocycles. The second-order valence-electron chi connectivity index (χ2n) is 5.50. The predicted octanol–water partition coefficient (Wildman–Crippen LogP) is 0.820. The highest BCUT2D eigenvalue weighted by atomic mass is 79.9. The highest BCUT2D eigenvalue weighted by molar-refractivity contribution is 9.10. The molecular weight excluding hydrogens is 397 g/mol. The van der Waals surface area contributed by atoms with E-state index in [1.165, 1.54) is 24.1 Å². The number of benzene rings is 1. The van der Waals surface area contributed by atoms with Crippen LogP contribution in [0, 0.1) is 5.82 Å². The van der Waals surface area contributed by atoms with Gasteiger partial charge in [-0.25, -0.2) is 4.39 Å². The lowest BCUT2D eigenvalue weighted by molar-refractivity contribution is -0.138. The van der Waals surface area contributed by atoms with Crippen molar-refractivity contribution in [2.45, 2.75) is 18.9 Å². The zero-order valence-electron chi connectivity index (χ0n) is 13.7. The van der Waals surface area contributed by atoms with Crippen LogP contribution >= 0.6 is 15.9 Å². The number of carbonyl (C=O) groups excluding carboxylic acids is 3. The van der Waals surface area contributed by atoms with Crippen LogP contribution in [-0.4, -0.2) is 55.4 Å². The van der Waals surface area contributed by atoms with E-state index in [2.05, 4.69) is 26.6 Å². The van der Waals surface area contributed by atoms with E-state index in [0.29, 0.717) is 17.4 Å². The first-order chi connectivity index (χ1) is 11.9. The van der Waals surface area contributed by atoms with E-state index in [-0.39, 0.29) is 24.1 Å². The molecule has 1 aromatic carbocycles. The smallest absolute Gasteiger partial charge is 0.258 e. The summed E-state index contributed by atoms with van der Waals surface area (Å²) >= 11 is 3.12. The summed E-state index contributed by atoms with van der Waals surface area (Å²) in [7, 11) is 1.52. The van der Waals surface area contributed by atoms with Crippen molar-refractivity contribution in [3.63, 3.8) is 0 Å². The third kappa shape index (κ3) is 5.15. The lowest BCUT2D eigenvalue weighted by atomic mass is 10.2. The Labute approximate surface area is 153 Å². The van der Waals surface area contributed by atoms with Crippen LogP contribution in [0.1, 0.15) is 12.8 Å². The van der Waals surface area contributed by atoms with Crippen molar-refractivity contribution in [1.29, 1.82) is 0 Å². The summed E-state index contributed by atoms with van der Waals surface area (Å²) in [5, 5.41) is 4.94. The SMILES string of the molecule is CNC(=O)C1CCCN1C(=O)CNC(=O)COc1ccc(Br)cc1F. The van der Waals surface area contributed by atoms with Crippen molar-refractivity contribution >= 4 is 33.7 Å². The number of hydrogen-bond acceptors (Lipinski definition) is 4. The van der Waals surface area contributed by atoms with Gasteiger partial charge in [0.15, 0.2) is 18.2 Å². The van der Waals surface area contributed by atoms with Gasteiger partial charge in [0.1, 0.15) is 6.04 Å². The molecule has 1 fully saturated rings. The maximum atomic E-state index is 13.6. The minimum absolute atomic E-state index is 0.0519. The number of carbonyl (C=O) groups is 3. The molecule has 25 heavy (non-hydrogen) atoms. The molecule has 1 aromatic rings. The van der Waals surface area contributed by atoms with Crippen molar-refractivity contribution in [3.8, 4) is 5.75 Å². The number of hydrogen-bond donors (Lipinski definition) is 2. The zero-order valence-corrected chi connectivity index (χ0v) is 15.3. The van der Waals surface area contributed by atoms with Gasteiger partial charge in [-0.15, -0.1) is 0 Å². The van der Waals surface area contributed by atoms with Gasteiger partial charge in [-0.05, 0) is 31.0 Å². The molecule has 1 unspecified atom stereocenters. The van der Waals surface area contributed by atoms with Crippen molar-refractivity contribution in [2.75, 3.05) is 26.7 Å². The monoisotopic (exact) mass is 415 g/mol. The summed E-state index contributed by atoms with van der Waals surface area (Å²) in [4.78, 5) is 37.1. The predicted molar refractivity (Wildman–Crippen MR) is 91.4 cm³/mol. The molecule has 7 nitrogen and oxygen atoms in total. The number of likely N-dealkylation sites (tertiary alicyclic amines) is 1. The van der Waals surface area contributed by atoms with E-state index in [9.17, 15) is 18.8 Å². The Morgan fingerprint density at radius 3 is 2.84 bits per heavy atom. The van der Waals surface area contributed by atoms with Gasteiger partial charge in [-0.1, -0.05) is 15.9 Å². The molecule has 0 saturated carbocycles. The van der Waals surface area contributed by atoms with Crippen LogP contribution in [0.2, 0.25) is 0 Å². The molecule has 2 rings (SSSR count). The summed E-state index contributed by atoms with van der Waals surface area (Å²) in [6.45, 7) is -0.170. The molecule has 9 heteroatoms. The Hall–Kier alpha value is -2.16. The van der Waals surface area contributed by atoms with Crippen molar-refractivity contribution in [1.82, 2.24) is 15.5 Å². The fourth-order valence-corrected chi connectivity index (χ4v) is 2.90. The standard InChI is InChI=1S/C16H19BrFN3O4/c1-19-16(24)12-3-2-6-21(12)15(23)8-20-14(22)9-25-13-5-4-10(17)7-11(13)18/h4-5,7,12H,2-3,6,8-9H2,1H3,(H,19,24)(H,20,22). The number of amides is 3. The summed E-state index contributed by atoms with van der Waals surface area (Å²) in [5.74, 6) is -1.75. The van der Waals surface area contributed by atoms with E-state index >= 15 is 0 Å². The van der Waals surface area contributed by atoms with E-state index in [4.69, 9.17) is 4.74 Å². The molecule has 1 atom stereocenters. The Kier molecular flexibility index (Phi) is 6.74. The Morgan fingerprint density at radius 2 is 2.16 bits per heavy atom. The molecule has 1 saturated heterocycles. The lowest BCUT2D eigenvalue weighted by Gasteiger charge is -2.23. The fourth-order valence-electron chi connectivity index (χ4n) is 2.57. The maximum absolute atomic E-state index is 13.6. The average molecular weight is 416 g/mol. The molecular formula is C16H19BrFN3O4. The molecule has 2 N–H and O–H groups in total. The van der Waals surface area contributed by atoms with Gasteiger partial charge < -0.3 is 20.3 Å².